The number of carboxylic acids is 1. The topological polar surface area (TPSA) is 60.9 Å². The van der Waals surface area contributed by atoms with Gasteiger partial charge in [-0.1, -0.05) is 17.7 Å². The van der Waals surface area contributed by atoms with Gasteiger partial charge < -0.3 is 14.9 Å². The van der Waals surface area contributed by atoms with Crippen LogP contribution >= 0.6 is 11.6 Å². The Morgan fingerprint density at radius 1 is 1.15 bits per heavy atom. The van der Waals surface area contributed by atoms with Gasteiger partial charge in [-0.05, 0) is 18.2 Å². The summed E-state index contributed by atoms with van der Waals surface area (Å²) in [5, 5.41) is 9.18. The number of carbonyl (C=O) groups excluding carboxylic acids is 1. The number of carbonyl (C=O) groups is 2. The summed E-state index contributed by atoms with van der Waals surface area (Å²) in [6.45, 7) is 2.53. The highest BCUT2D eigenvalue weighted by Crippen LogP contribution is 2.20. The fraction of sp³-hybridized carbons (Fsp3) is 0.286. The van der Waals surface area contributed by atoms with E-state index in [0.717, 1.165) is 17.8 Å². The van der Waals surface area contributed by atoms with Gasteiger partial charge in [-0.2, -0.15) is 0 Å². The molecule has 1 saturated heterocycles. The predicted molar refractivity (Wildman–Crippen MR) is 77.0 cm³/mol. The van der Waals surface area contributed by atoms with Crippen LogP contribution in [0.15, 0.2) is 36.4 Å². The van der Waals surface area contributed by atoms with Crippen LogP contribution in [0.4, 0.5) is 5.69 Å². The number of halogens is 1. The first-order valence-corrected chi connectivity index (χ1v) is 6.64. The third-order valence-electron chi connectivity index (χ3n) is 3.13. The van der Waals surface area contributed by atoms with Gasteiger partial charge in [0.1, 0.15) is 0 Å². The molecule has 0 atom stereocenters. The molecule has 0 aliphatic carbocycles. The molecular weight excluding hydrogens is 280 g/mol. The molecule has 0 bridgehead atoms. The monoisotopic (exact) mass is 294 g/mol. The van der Waals surface area contributed by atoms with E-state index in [2.05, 4.69) is 4.90 Å². The summed E-state index contributed by atoms with van der Waals surface area (Å²) in [5.74, 6) is -1.38. The molecule has 1 N–H and O–H groups in total. The van der Waals surface area contributed by atoms with Crippen molar-refractivity contribution < 1.29 is 14.7 Å². The Balaban J connectivity index is 1.92. The van der Waals surface area contributed by atoms with Crippen molar-refractivity contribution >= 4 is 29.2 Å². The van der Waals surface area contributed by atoms with Crippen molar-refractivity contribution in [3.05, 3.63) is 41.4 Å². The normalized spacial score (nSPS) is 15.7. The molecule has 20 heavy (non-hydrogen) atoms. The number of aliphatic carboxylic acids is 1. The summed E-state index contributed by atoms with van der Waals surface area (Å²) >= 11 is 5.96. The Hall–Kier alpha value is -2.01. The molecule has 1 fully saturated rings. The van der Waals surface area contributed by atoms with E-state index in [1.54, 1.807) is 4.90 Å². The van der Waals surface area contributed by atoms with Crippen LogP contribution in [0.25, 0.3) is 0 Å². The van der Waals surface area contributed by atoms with Gasteiger partial charge in [-0.3, -0.25) is 4.79 Å². The van der Waals surface area contributed by atoms with E-state index < -0.39 is 5.97 Å². The van der Waals surface area contributed by atoms with Crippen LogP contribution in [0.2, 0.25) is 5.02 Å². The maximum absolute atomic E-state index is 11.7. The Bertz CT molecular complexity index is 537. The zero-order valence-electron chi connectivity index (χ0n) is 10.8. The molecule has 106 valence electrons. The minimum absolute atomic E-state index is 0.266. The van der Waals surface area contributed by atoms with Crippen molar-refractivity contribution in [1.29, 1.82) is 0 Å². The lowest BCUT2D eigenvalue weighted by Gasteiger charge is -2.35. The molecule has 1 heterocycles. The minimum atomic E-state index is -1.11. The van der Waals surface area contributed by atoms with Gasteiger partial charge in [0.2, 0.25) is 5.91 Å². The lowest BCUT2D eigenvalue weighted by Crippen LogP contribution is -2.48. The van der Waals surface area contributed by atoms with Gasteiger partial charge in [0, 0.05) is 49.0 Å². The van der Waals surface area contributed by atoms with Gasteiger partial charge in [-0.25, -0.2) is 4.79 Å². The second-order valence-corrected chi connectivity index (χ2v) is 4.90. The van der Waals surface area contributed by atoms with E-state index in [9.17, 15) is 9.59 Å². The van der Waals surface area contributed by atoms with Gasteiger partial charge in [0.15, 0.2) is 0 Å². The number of nitrogens with zero attached hydrogens (tertiary/aromatic N) is 2. The second kappa shape index (κ2) is 6.43. The summed E-state index contributed by atoms with van der Waals surface area (Å²) in [7, 11) is 0. The first-order valence-electron chi connectivity index (χ1n) is 6.27. The van der Waals surface area contributed by atoms with Gasteiger partial charge in [0.25, 0.3) is 0 Å². The van der Waals surface area contributed by atoms with Crippen molar-refractivity contribution in [2.24, 2.45) is 0 Å². The van der Waals surface area contributed by atoms with Gasteiger partial charge in [0.05, 0.1) is 0 Å². The largest absolute Gasteiger partial charge is 0.478 e. The highest BCUT2D eigenvalue weighted by Gasteiger charge is 2.19. The molecule has 0 saturated carbocycles. The number of benzene rings is 1. The van der Waals surface area contributed by atoms with Crippen molar-refractivity contribution in [3.8, 4) is 0 Å². The molecular formula is C14H15ClN2O3. The first kappa shape index (κ1) is 14.4. The zero-order valence-corrected chi connectivity index (χ0v) is 11.6. The van der Waals surface area contributed by atoms with Crippen LogP contribution in [0.1, 0.15) is 0 Å². The molecule has 2 rings (SSSR count). The summed E-state index contributed by atoms with van der Waals surface area (Å²) in [6.07, 6.45) is 1.96. The quantitative estimate of drug-likeness (QED) is 0.861. The molecule has 1 amide bonds. The lowest BCUT2D eigenvalue weighted by molar-refractivity contribution is -0.132. The highest BCUT2D eigenvalue weighted by atomic mass is 35.5. The Morgan fingerprint density at radius 2 is 1.85 bits per heavy atom. The molecule has 0 radical (unpaired) electrons. The minimum Gasteiger partial charge on any atom is -0.478 e. The van der Waals surface area contributed by atoms with Crippen LogP contribution in [0.3, 0.4) is 0 Å². The molecule has 1 aliphatic heterocycles. The molecule has 5 nitrogen and oxygen atoms in total. The highest BCUT2D eigenvalue weighted by molar-refractivity contribution is 6.30. The van der Waals surface area contributed by atoms with E-state index >= 15 is 0 Å². The Labute approximate surface area is 122 Å². The number of rotatable bonds is 3. The van der Waals surface area contributed by atoms with E-state index in [4.69, 9.17) is 16.7 Å². The molecule has 1 aliphatic rings. The molecule has 1 aromatic rings. The van der Waals surface area contributed by atoms with Crippen LogP contribution in [-0.4, -0.2) is 48.1 Å². The SMILES string of the molecule is O=C(O)/C=C/C(=O)N1CCN(c2cccc(Cl)c2)CC1. The van der Waals surface area contributed by atoms with E-state index in [1.165, 1.54) is 0 Å². The van der Waals surface area contributed by atoms with Crippen LogP contribution in [-0.2, 0) is 9.59 Å². The van der Waals surface area contributed by atoms with Crippen LogP contribution in [0.5, 0.6) is 0 Å². The molecule has 0 unspecified atom stereocenters. The third kappa shape index (κ3) is 3.74. The predicted octanol–water partition coefficient (Wildman–Crippen LogP) is 1.63. The van der Waals surface area contributed by atoms with Crippen molar-refractivity contribution in [1.82, 2.24) is 4.90 Å². The average molecular weight is 295 g/mol. The van der Waals surface area contributed by atoms with Crippen molar-refractivity contribution in [2.75, 3.05) is 31.1 Å². The second-order valence-electron chi connectivity index (χ2n) is 4.46. The number of anilines is 1. The third-order valence-corrected chi connectivity index (χ3v) is 3.37. The van der Waals surface area contributed by atoms with E-state index in [1.807, 2.05) is 24.3 Å². The molecule has 0 spiro atoms. The lowest BCUT2D eigenvalue weighted by atomic mass is 10.2. The molecule has 6 heteroatoms. The average Bonchev–Trinajstić information content (AvgIpc) is 2.45. The number of amides is 1. The number of carboxylic acid groups (broad SMARTS) is 1. The van der Waals surface area contributed by atoms with Crippen LogP contribution in [0, 0.1) is 0 Å². The fourth-order valence-corrected chi connectivity index (χ4v) is 2.29. The Kier molecular flexibility index (Phi) is 4.63. The summed E-state index contributed by atoms with van der Waals surface area (Å²) in [4.78, 5) is 25.9. The first-order chi connectivity index (χ1) is 9.56. The van der Waals surface area contributed by atoms with Gasteiger partial charge in [-0.15, -0.1) is 0 Å². The fourth-order valence-electron chi connectivity index (χ4n) is 2.11. The zero-order chi connectivity index (χ0) is 14.5. The Morgan fingerprint density at radius 3 is 2.45 bits per heavy atom. The number of piperazine rings is 1. The standard InChI is InChI=1S/C14H15ClN2O3/c15-11-2-1-3-12(10-11)16-6-8-17(9-7-16)13(18)4-5-14(19)20/h1-5,10H,6-9H2,(H,19,20)/b5-4+. The van der Waals surface area contributed by atoms with Crippen molar-refractivity contribution in [2.45, 2.75) is 0 Å². The summed E-state index contributed by atoms with van der Waals surface area (Å²) < 4.78 is 0. The number of hydrogen-bond donors (Lipinski definition) is 1. The maximum atomic E-state index is 11.7. The maximum Gasteiger partial charge on any atom is 0.328 e. The molecule has 1 aromatic carbocycles. The summed E-state index contributed by atoms with van der Waals surface area (Å²) in [5.41, 5.74) is 1.03. The van der Waals surface area contributed by atoms with E-state index in [-0.39, 0.29) is 5.91 Å². The van der Waals surface area contributed by atoms with Gasteiger partial charge >= 0.3 is 5.97 Å². The smallest absolute Gasteiger partial charge is 0.328 e. The van der Waals surface area contributed by atoms with Crippen LogP contribution < -0.4 is 4.90 Å². The van der Waals surface area contributed by atoms with E-state index in [0.29, 0.717) is 31.2 Å². The summed E-state index contributed by atoms with van der Waals surface area (Å²) in [6, 6.07) is 7.59. The number of hydrogen-bond acceptors (Lipinski definition) is 3. The molecule has 0 aromatic heterocycles. The van der Waals surface area contributed by atoms with Crippen molar-refractivity contribution in [3.63, 3.8) is 0 Å².